The van der Waals surface area contributed by atoms with Crippen molar-refractivity contribution >= 4 is 0 Å². The van der Waals surface area contributed by atoms with Gasteiger partial charge in [0.05, 0.1) is 7.11 Å². The molecule has 18 heavy (non-hydrogen) atoms. The predicted octanol–water partition coefficient (Wildman–Crippen LogP) is 1.01. The first-order valence-electron chi connectivity index (χ1n) is 6.13. The Bertz CT molecular complexity index is 576. The van der Waals surface area contributed by atoms with Crippen LogP contribution in [0.25, 0.3) is 11.4 Å². The van der Waals surface area contributed by atoms with Crippen molar-refractivity contribution < 1.29 is 4.74 Å². The largest absolute Gasteiger partial charge is 0.497 e. The molecule has 0 fully saturated rings. The Labute approximate surface area is 106 Å². The molecule has 0 aliphatic carbocycles. The number of fused-ring (bicyclic) bond motifs is 3. The van der Waals surface area contributed by atoms with Crippen LogP contribution in [-0.4, -0.2) is 28.4 Å². The Morgan fingerprint density at radius 2 is 2.28 bits per heavy atom. The Hall–Kier alpha value is -1.88. The second-order valence-electron chi connectivity index (χ2n) is 4.40. The first-order valence-corrected chi connectivity index (χ1v) is 6.13. The molecule has 0 radical (unpaired) electrons. The molecule has 1 aliphatic rings. The first-order chi connectivity index (χ1) is 8.83. The number of nitrogens with zero attached hydrogens (tertiary/aromatic N) is 3. The van der Waals surface area contributed by atoms with Crippen LogP contribution >= 0.6 is 0 Å². The van der Waals surface area contributed by atoms with Crippen LogP contribution in [0.4, 0.5) is 0 Å². The lowest BCUT2D eigenvalue weighted by Gasteiger charge is -2.19. The van der Waals surface area contributed by atoms with E-state index < -0.39 is 0 Å². The van der Waals surface area contributed by atoms with Gasteiger partial charge in [0.1, 0.15) is 11.6 Å². The summed E-state index contributed by atoms with van der Waals surface area (Å²) in [7, 11) is 1.68. The van der Waals surface area contributed by atoms with Crippen LogP contribution in [-0.2, 0) is 19.4 Å². The summed E-state index contributed by atoms with van der Waals surface area (Å²) in [4.78, 5) is 0. The molecule has 1 aromatic carbocycles. The van der Waals surface area contributed by atoms with E-state index in [9.17, 15) is 0 Å². The highest BCUT2D eigenvalue weighted by molar-refractivity contribution is 5.64. The zero-order valence-electron chi connectivity index (χ0n) is 10.4. The third kappa shape index (κ3) is 1.67. The van der Waals surface area contributed by atoms with Crippen molar-refractivity contribution in [2.75, 3.05) is 13.7 Å². The van der Waals surface area contributed by atoms with Gasteiger partial charge in [0, 0.05) is 18.5 Å². The Kier molecular flexibility index (Phi) is 2.76. The summed E-state index contributed by atoms with van der Waals surface area (Å²) in [5.74, 6) is 2.75. The van der Waals surface area contributed by atoms with Crippen LogP contribution in [0.5, 0.6) is 5.75 Å². The summed E-state index contributed by atoms with van der Waals surface area (Å²) in [6, 6.07) is 6.13. The molecule has 0 bridgehead atoms. The zero-order chi connectivity index (χ0) is 12.5. The minimum atomic E-state index is 0.600. The summed E-state index contributed by atoms with van der Waals surface area (Å²) in [5.41, 5.74) is 8.01. The highest BCUT2D eigenvalue weighted by Gasteiger charge is 2.21. The van der Waals surface area contributed by atoms with Crippen molar-refractivity contribution in [3.05, 3.63) is 29.6 Å². The van der Waals surface area contributed by atoms with Gasteiger partial charge in [-0.05, 0) is 30.7 Å². The standard InChI is InChI=1S/C13H16N4O/c1-18-10-3-2-9-5-7-17-12(4-6-14)15-16-13(17)11(9)8-10/h2-3,8H,4-7,14H2,1H3. The number of hydrogen-bond acceptors (Lipinski definition) is 4. The molecule has 0 spiro atoms. The van der Waals surface area contributed by atoms with Gasteiger partial charge < -0.3 is 15.0 Å². The maximum absolute atomic E-state index is 5.59. The molecule has 5 heteroatoms. The minimum Gasteiger partial charge on any atom is -0.497 e. The van der Waals surface area contributed by atoms with Gasteiger partial charge in [-0.15, -0.1) is 10.2 Å². The summed E-state index contributed by atoms with van der Waals surface area (Å²) in [6.45, 7) is 1.53. The van der Waals surface area contributed by atoms with Crippen LogP contribution in [0.2, 0.25) is 0 Å². The number of rotatable bonds is 3. The fourth-order valence-corrected chi connectivity index (χ4v) is 2.42. The molecule has 3 rings (SSSR count). The van der Waals surface area contributed by atoms with Crippen LogP contribution in [0.15, 0.2) is 18.2 Å². The van der Waals surface area contributed by atoms with Crippen LogP contribution in [0.1, 0.15) is 11.4 Å². The molecule has 1 aromatic heterocycles. The molecule has 0 saturated heterocycles. The van der Waals surface area contributed by atoms with Gasteiger partial charge in [-0.2, -0.15) is 0 Å². The SMILES string of the molecule is COc1ccc2c(c1)-c1nnc(CCN)n1CC2. The lowest BCUT2D eigenvalue weighted by atomic mass is 10.0. The summed E-state index contributed by atoms with van der Waals surface area (Å²) < 4.78 is 7.43. The number of hydrogen-bond donors (Lipinski definition) is 1. The van der Waals surface area contributed by atoms with Gasteiger partial charge in [0.15, 0.2) is 5.82 Å². The average molecular weight is 244 g/mol. The molecule has 2 heterocycles. The van der Waals surface area contributed by atoms with Gasteiger partial charge in [0.25, 0.3) is 0 Å². The normalized spacial score (nSPS) is 13.0. The second-order valence-corrected chi connectivity index (χ2v) is 4.40. The zero-order valence-corrected chi connectivity index (χ0v) is 10.4. The van der Waals surface area contributed by atoms with Crippen LogP contribution in [0, 0.1) is 0 Å². The molecule has 94 valence electrons. The van der Waals surface area contributed by atoms with E-state index in [4.69, 9.17) is 10.5 Å². The number of benzene rings is 1. The fraction of sp³-hybridized carbons (Fsp3) is 0.385. The smallest absolute Gasteiger partial charge is 0.164 e. The van der Waals surface area contributed by atoms with E-state index in [1.54, 1.807) is 7.11 Å². The second kappa shape index (κ2) is 4.42. The summed E-state index contributed by atoms with van der Waals surface area (Å²) in [6.07, 6.45) is 1.77. The maximum Gasteiger partial charge on any atom is 0.164 e. The van der Waals surface area contributed by atoms with Crippen molar-refractivity contribution in [3.8, 4) is 17.1 Å². The lowest BCUT2D eigenvalue weighted by Crippen LogP contribution is -2.16. The Morgan fingerprint density at radius 1 is 1.39 bits per heavy atom. The molecular weight excluding hydrogens is 228 g/mol. The number of nitrogens with two attached hydrogens (primary N) is 1. The molecule has 1 aliphatic heterocycles. The van der Waals surface area contributed by atoms with Crippen molar-refractivity contribution in [2.45, 2.75) is 19.4 Å². The van der Waals surface area contributed by atoms with E-state index in [1.165, 1.54) is 5.56 Å². The van der Waals surface area contributed by atoms with Crippen LogP contribution < -0.4 is 10.5 Å². The minimum absolute atomic E-state index is 0.600. The molecule has 2 aromatic rings. The Balaban J connectivity index is 2.10. The molecule has 0 unspecified atom stereocenters. The van der Waals surface area contributed by atoms with Gasteiger partial charge in [-0.25, -0.2) is 0 Å². The molecule has 5 nitrogen and oxygen atoms in total. The molecule has 2 N–H and O–H groups in total. The van der Waals surface area contributed by atoms with Crippen molar-refractivity contribution in [3.63, 3.8) is 0 Å². The van der Waals surface area contributed by atoms with Gasteiger partial charge in [-0.1, -0.05) is 6.07 Å². The lowest BCUT2D eigenvalue weighted by molar-refractivity contribution is 0.414. The Morgan fingerprint density at radius 3 is 3.06 bits per heavy atom. The van der Waals surface area contributed by atoms with E-state index in [2.05, 4.69) is 20.8 Å². The highest BCUT2D eigenvalue weighted by Crippen LogP contribution is 2.31. The average Bonchev–Trinajstić information content (AvgIpc) is 2.82. The van der Waals surface area contributed by atoms with Gasteiger partial charge in [0.2, 0.25) is 0 Å². The quantitative estimate of drug-likeness (QED) is 0.875. The predicted molar refractivity (Wildman–Crippen MR) is 68.5 cm³/mol. The molecular formula is C13H16N4O. The summed E-state index contributed by atoms with van der Waals surface area (Å²) in [5, 5.41) is 8.53. The first kappa shape index (κ1) is 11.2. The topological polar surface area (TPSA) is 66.0 Å². The monoisotopic (exact) mass is 244 g/mol. The number of methoxy groups -OCH3 is 1. The van der Waals surface area contributed by atoms with E-state index in [0.717, 1.165) is 42.3 Å². The van der Waals surface area contributed by atoms with Crippen molar-refractivity contribution in [1.29, 1.82) is 0 Å². The van der Waals surface area contributed by atoms with Gasteiger partial charge in [-0.3, -0.25) is 0 Å². The maximum atomic E-state index is 5.59. The summed E-state index contributed by atoms with van der Waals surface area (Å²) >= 11 is 0. The van der Waals surface area contributed by atoms with E-state index in [1.807, 2.05) is 12.1 Å². The van der Waals surface area contributed by atoms with Gasteiger partial charge >= 0.3 is 0 Å². The van der Waals surface area contributed by atoms with E-state index >= 15 is 0 Å². The fourth-order valence-electron chi connectivity index (χ4n) is 2.42. The van der Waals surface area contributed by atoms with Crippen molar-refractivity contribution in [1.82, 2.24) is 14.8 Å². The third-order valence-electron chi connectivity index (χ3n) is 3.36. The molecule has 0 atom stereocenters. The molecule has 0 saturated carbocycles. The van der Waals surface area contributed by atoms with E-state index in [0.29, 0.717) is 6.54 Å². The number of ether oxygens (including phenoxy) is 1. The van der Waals surface area contributed by atoms with Crippen LogP contribution in [0.3, 0.4) is 0 Å². The van der Waals surface area contributed by atoms with E-state index in [-0.39, 0.29) is 0 Å². The van der Waals surface area contributed by atoms with Crippen molar-refractivity contribution in [2.24, 2.45) is 5.73 Å². The number of aryl methyl sites for hydroxylation is 1. The third-order valence-corrected chi connectivity index (χ3v) is 3.36. The molecule has 0 amide bonds. The highest BCUT2D eigenvalue weighted by atomic mass is 16.5. The number of aromatic nitrogens is 3.